The first-order valence-electron chi connectivity index (χ1n) is 18.8. The lowest BCUT2D eigenvalue weighted by atomic mass is 9.98. The fraction of sp³-hybridized carbons (Fsp3) is 0.425. The molecule has 0 unspecified atom stereocenters. The second-order valence-electron chi connectivity index (χ2n) is 14.3. The topological polar surface area (TPSA) is 289 Å². The van der Waals surface area contributed by atoms with E-state index in [1.54, 1.807) is 20.8 Å². The van der Waals surface area contributed by atoms with E-state index in [0.29, 0.717) is 0 Å². The largest absolute Gasteiger partial charge is 0.460 e. The molecule has 20 heteroatoms. The maximum Gasteiger partial charge on any atom is 0.408 e. The second-order valence-corrected chi connectivity index (χ2v) is 14.3. The predicted octanol–water partition coefficient (Wildman–Crippen LogP) is 0.178. The van der Waals surface area contributed by atoms with Crippen molar-refractivity contribution in [3.63, 3.8) is 0 Å². The zero-order chi connectivity index (χ0) is 44.4. The van der Waals surface area contributed by atoms with Gasteiger partial charge in [0.1, 0.15) is 36.9 Å². The minimum Gasteiger partial charge on any atom is -0.460 e. The molecular formula is C40H51N7O13. The monoisotopic (exact) mass is 837 g/mol. The summed E-state index contributed by atoms with van der Waals surface area (Å²) >= 11 is 0. The Morgan fingerprint density at radius 3 is 1.97 bits per heavy atom. The summed E-state index contributed by atoms with van der Waals surface area (Å²) < 4.78 is 20.8. The van der Waals surface area contributed by atoms with E-state index >= 15 is 0 Å². The molecular weight excluding hydrogens is 786 g/mol. The first-order valence-corrected chi connectivity index (χ1v) is 18.8. The van der Waals surface area contributed by atoms with Gasteiger partial charge in [0.25, 0.3) is 5.91 Å². The van der Waals surface area contributed by atoms with Gasteiger partial charge < -0.3 is 56.6 Å². The SMILES string of the molecule is C=CCOC(=O)[C@H](CC(=O)OCC(=O)NCC[C@@H](NC(=O)OC(C)(C)C)C(=O)N[C@@H](C)C(=O)NCC(=O)NCC(N)=O)NC(=O)OCC1c2ccccc2-c2ccccc21. The molecule has 8 N–H and O–H groups in total. The number of benzene rings is 2. The van der Waals surface area contributed by atoms with E-state index in [4.69, 9.17) is 24.7 Å². The van der Waals surface area contributed by atoms with Crippen LogP contribution in [0.4, 0.5) is 9.59 Å². The third kappa shape index (κ3) is 15.7. The van der Waals surface area contributed by atoms with Gasteiger partial charge in [-0.15, -0.1) is 0 Å². The average molecular weight is 838 g/mol. The van der Waals surface area contributed by atoms with E-state index in [9.17, 15) is 43.2 Å². The number of carbonyl (C=O) groups is 9. The standard InChI is InChI=1S/C40H51N7O13/c1-6-17-57-37(54)30(47-38(55)59-21-28-26-13-9-7-11-24(26)25-12-8-10-14-27(25)28)18-34(51)58-22-33(50)42-16-15-29(46-39(56)60-40(3,4)5)36(53)45-23(2)35(52)44-20-32(49)43-19-31(41)48/h6-14,23,28-30H,1,15-22H2,2-5H3,(H2,41,48)(H,42,50)(H,43,49)(H,44,52)(H,45,53)(H,46,56)(H,47,55)/t23-,29+,30-/m0/s1. The zero-order valence-electron chi connectivity index (χ0n) is 33.8. The summed E-state index contributed by atoms with van der Waals surface area (Å²) in [4.78, 5) is 112. The molecule has 0 saturated heterocycles. The first-order chi connectivity index (χ1) is 28.4. The minimum absolute atomic E-state index is 0.0655. The molecule has 0 fully saturated rings. The Balaban J connectivity index is 1.52. The van der Waals surface area contributed by atoms with Crippen LogP contribution in [-0.4, -0.2) is 117 Å². The van der Waals surface area contributed by atoms with E-state index < -0.39 is 104 Å². The molecule has 0 aromatic heterocycles. The van der Waals surface area contributed by atoms with Gasteiger partial charge in [0, 0.05) is 12.5 Å². The molecule has 3 rings (SSSR count). The van der Waals surface area contributed by atoms with Crippen molar-refractivity contribution in [3.8, 4) is 11.1 Å². The number of hydrogen-bond acceptors (Lipinski definition) is 13. The van der Waals surface area contributed by atoms with Crippen molar-refractivity contribution in [1.29, 1.82) is 0 Å². The molecule has 324 valence electrons. The zero-order valence-corrected chi connectivity index (χ0v) is 33.8. The number of fused-ring (bicyclic) bond motifs is 3. The quantitative estimate of drug-likeness (QED) is 0.0503. The summed E-state index contributed by atoms with van der Waals surface area (Å²) in [6, 6.07) is 11.3. The number of rotatable bonds is 21. The smallest absolute Gasteiger partial charge is 0.408 e. The summed E-state index contributed by atoms with van der Waals surface area (Å²) in [5, 5.41) is 14.0. The van der Waals surface area contributed by atoms with E-state index in [1.165, 1.54) is 13.0 Å². The minimum atomic E-state index is -1.54. The number of alkyl carbamates (subject to hydrolysis) is 2. The number of nitrogens with one attached hydrogen (secondary N) is 6. The maximum absolute atomic E-state index is 13.1. The van der Waals surface area contributed by atoms with Crippen molar-refractivity contribution in [2.24, 2.45) is 5.73 Å². The lowest BCUT2D eigenvalue weighted by Crippen LogP contribution is -2.54. The molecule has 20 nitrogen and oxygen atoms in total. The van der Waals surface area contributed by atoms with Crippen LogP contribution < -0.4 is 37.6 Å². The van der Waals surface area contributed by atoms with Gasteiger partial charge >= 0.3 is 24.1 Å². The molecule has 60 heavy (non-hydrogen) atoms. The lowest BCUT2D eigenvalue weighted by molar-refractivity contribution is -0.153. The number of ether oxygens (including phenoxy) is 4. The summed E-state index contributed by atoms with van der Waals surface area (Å²) in [5.41, 5.74) is 7.99. The van der Waals surface area contributed by atoms with Crippen molar-refractivity contribution < 1.29 is 62.1 Å². The highest BCUT2D eigenvalue weighted by Crippen LogP contribution is 2.44. The summed E-state index contributed by atoms with van der Waals surface area (Å²) in [7, 11) is 0. The number of amides is 7. The summed E-state index contributed by atoms with van der Waals surface area (Å²) in [5.74, 6) is -6.23. The third-order valence-corrected chi connectivity index (χ3v) is 8.40. The van der Waals surface area contributed by atoms with E-state index in [-0.39, 0.29) is 32.1 Å². The highest BCUT2D eigenvalue weighted by atomic mass is 16.6. The molecule has 1 aliphatic rings. The number of hydrogen-bond donors (Lipinski definition) is 7. The van der Waals surface area contributed by atoms with Crippen molar-refractivity contribution >= 4 is 53.7 Å². The number of esters is 2. The predicted molar refractivity (Wildman–Crippen MR) is 212 cm³/mol. The Morgan fingerprint density at radius 1 is 0.750 bits per heavy atom. The van der Waals surface area contributed by atoms with Crippen LogP contribution in [0.3, 0.4) is 0 Å². The Hall–Kier alpha value is -6.99. The van der Waals surface area contributed by atoms with Gasteiger partial charge in [-0.05, 0) is 56.4 Å². The van der Waals surface area contributed by atoms with Crippen molar-refractivity contribution in [3.05, 3.63) is 72.3 Å². The number of nitrogens with two attached hydrogens (primary N) is 1. The number of primary amides is 1. The van der Waals surface area contributed by atoms with Gasteiger partial charge in [-0.2, -0.15) is 0 Å². The van der Waals surface area contributed by atoms with Gasteiger partial charge in [-0.3, -0.25) is 28.8 Å². The normalized spacial score (nSPS) is 13.0. The van der Waals surface area contributed by atoms with Gasteiger partial charge in [0.05, 0.1) is 19.5 Å². The van der Waals surface area contributed by atoms with Crippen LogP contribution in [0, 0.1) is 0 Å². The van der Waals surface area contributed by atoms with E-state index in [2.05, 4.69) is 38.5 Å². The van der Waals surface area contributed by atoms with E-state index in [0.717, 1.165) is 22.3 Å². The van der Waals surface area contributed by atoms with Gasteiger partial charge in [0.2, 0.25) is 23.6 Å². The Bertz CT molecular complexity index is 1880. The summed E-state index contributed by atoms with van der Waals surface area (Å²) in [6.07, 6.45) is -1.63. The first kappa shape index (κ1) is 47.4. The molecule has 0 heterocycles. The van der Waals surface area contributed by atoms with Crippen LogP contribution in [0.2, 0.25) is 0 Å². The van der Waals surface area contributed by atoms with Crippen molar-refractivity contribution in [1.82, 2.24) is 31.9 Å². The van der Waals surface area contributed by atoms with Gasteiger partial charge in [-0.25, -0.2) is 14.4 Å². The van der Waals surface area contributed by atoms with Crippen LogP contribution in [0.1, 0.15) is 57.6 Å². The Morgan fingerprint density at radius 2 is 1.37 bits per heavy atom. The van der Waals surface area contributed by atoms with Gasteiger partial charge in [-0.1, -0.05) is 61.2 Å². The molecule has 2 aromatic carbocycles. The van der Waals surface area contributed by atoms with Crippen LogP contribution >= 0.6 is 0 Å². The van der Waals surface area contributed by atoms with Gasteiger partial charge in [0.15, 0.2) is 6.61 Å². The molecule has 2 aromatic rings. The Kier molecular flexibility index (Phi) is 18.0. The molecule has 1 aliphatic carbocycles. The number of carbonyl (C=O) groups excluding carboxylic acids is 9. The van der Waals surface area contributed by atoms with Crippen LogP contribution in [-0.2, 0) is 52.5 Å². The van der Waals surface area contributed by atoms with Crippen molar-refractivity contribution in [2.45, 2.75) is 70.2 Å². The highest BCUT2D eigenvalue weighted by Gasteiger charge is 2.32. The molecule has 3 atom stereocenters. The van der Waals surface area contributed by atoms with E-state index in [1.807, 2.05) is 48.5 Å². The highest BCUT2D eigenvalue weighted by molar-refractivity contribution is 5.93. The molecule has 0 spiro atoms. The molecule has 0 radical (unpaired) electrons. The van der Waals surface area contributed by atoms with Crippen LogP contribution in [0.5, 0.6) is 0 Å². The molecule has 0 aliphatic heterocycles. The molecule has 7 amide bonds. The second kappa shape index (κ2) is 22.8. The fourth-order valence-corrected chi connectivity index (χ4v) is 5.66. The Labute approximate surface area is 346 Å². The molecule has 0 bridgehead atoms. The fourth-order valence-electron chi connectivity index (χ4n) is 5.66. The van der Waals surface area contributed by atoms with Crippen LogP contribution in [0.25, 0.3) is 11.1 Å². The van der Waals surface area contributed by atoms with Crippen LogP contribution in [0.15, 0.2) is 61.2 Å². The lowest BCUT2D eigenvalue weighted by Gasteiger charge is -2.24. The average Bonchev–Trinajstić information content (AvgIpc) is 3.51. The molecule has 0 saturated carbocycles. The van der Waals surface area contributed by atoms with Crippen molar-refractivity contribution in [2.75, 3.05) is 39.5 Å². The third-order valence-electron chi connectivity index (χ3n) is 8.40. The maximum atomic E-state index is 13.1. The summed E-state index contributed by atoms with van der Waals surface area (Å²) in [6.45, 7) is 7.27.